The molecule has 0 spiro atoms. The van der Waals surface area contributed by atoms with E-state index in [1.807, 2.05) is 0 Å². The van der Waals surface area contributed by atoms with Crippen LogP contribution in [0.5, 0.6) is 0 Å². The maximum absolute atomic E-state index is 12.8. The first-order valence-electron chi connectivity index (χ1n) is 8.38. The van der Waals surface area contributed by atoms with E-state index >= 15 is 0 Å². The van der Waals surface area contributed by atoms with Crippen LogP contribution in [0.4, 0.5) is 0 Å². The van der Waals surface area contributed by atoms with Gasteiger partial charge in [-0.15, -0.1) is 0 Å². The van der Waals surface area contributed by atoms with E-state index in [9.17, 15) is 24.4 Å². The third-order valence-corrected chi connectivity index (χ3v) is 3.86. The van der Waals surface area contributed by atoms with Crippen LogP contribution in [0.1, 0.15) is 27.7 Å². The summed E-state index contributed by atoms with van der Waals surface area (Å²) in [5.74, 6) is -3.45. The smallest absolute Gasteiger partial charge is 0.334 e. The predicted octanol–water partition coefficient (Wildman–Crippen LogP) is -0.143. The number of carbonyl (C=O) groups excluding carboxylic acids is 4. The summed E-state index contributed by atoms with van der Waals surface area (Å²) < 4.78 is 31.0. The molecule has 0 bridgehead atoms. The van der Waals surface area contributed by atoms with Crippen molar-refractivity contribution in [3.63, 3.8) is 0 Å². The van der Waals surface area contributed by atoms with Crippen molar-refractivity contribution in [2.75, 3.05) is 20.3 Å². The van der Waals surface area contributed by atoms with Crippen molar-refractivity contribution in [3.8, 4) is 6.07 Å². The van der Waals surface area contributed by atoms with Crippen molar-refractivity contribution < 1.29 is 47.6 Å². The molecule has 1 fully saturated rings. The van der Waals surface area contributed by atoms with E-state index in [0.717, 1.165) is 20.8 Å². The SMILES string of the molecule is CCOC(=O)[C@@]1(C#N)[C@H](OC(C)=O)[C@@H](COC(C)=O)O[C@@H](OC)[C@@H]1OC(C)=O. The van der Waals surface area contributed by atoms with Gasteiger partial charge >= 0.3 is 23.9 Å². The fourth-order valence-corrected chi connectivity index (χ4v) is 2.82. The fraction of sp³-hybridized carbons (Fsp3) is 0.706. The molecule has 0 amide bonds. The van der Waals surface area contributed by atoms with Gasteiger partial charge in [-0.25, -0.2) is 0 Å². The summed E-state index contributed by atoms with van der Waals surface area (Å²) in [6.07, 6.45) is -5.89. The largest absolute Gasteiger partial charge is 0.465 e. The first kappa shape index (κ1) is 23.3. The molecule has 28 heavy (non-hydrogen) atoms. The van der Waals surface area contributed by atoms with Crippen LogP contribution in [0.15, 0.2) is 0 Å². The van der Waals surface area contributed by atoms with E-state index in [2.05, 4.69) is 0 Å². The highest BCUT2D eigenvalue weighted by atomic mass is 16.7. The molecule has 156 valence electrons. The maximum Gasteiger partial charge on any atom is 0.334 e. The van der Waals surface area contributed by atoms with Crippen LogP contribution in [0.2, 0.25) is 0 Å². The Bertz CT molecular complexity index is 657. The van der Waals surface area contributed by atoms with Gasteiger partial charge in [-0.05, 0) is 6.92 Å². The lowest BCUT2D eigenvalue weighted by atomic mass is 9.73. The fourth-order valence-electron chi connectivity index (χ4n) is 2.82. The highest BCUT2D eigenvalue weighted by Crippen LogP contribution is 2.42. The van der Waals surface area contributed by atoms with Crippen molar-refractivity contribution in [3.05, 3.63) is 0 Å². The molecule has 1 heterocycles. The Kier molecular flexibility index (Phi) is 8.34. The lowest BCUT2D eigenvalue weighted by molar-refractivity contribution is -0.302. The number of methoxy groups -OCH3 is 1. The zero-order valence-corrected chi connectivity index (χ0v) is 16.3. The summed E-state index contributed by atoms with van der Waals surface area (Å²) in [6, 6.07) is 1.77. The van der Waals surface area contributed by atoms with Gasteiger partial charge < -0.3 is 28.4 Å². The topological polar surface area (TPSA) is 147 Å². The number of nitrogens with zero attached hydrogens (tertiary/aromatic N) is 1. The van der Waals surface area contributed by atoms with Crippen molar-refractivity contribution in [1.29, 1.82) is 5.26 Å². The molecule has 1 rings (SSSR count). The van der Waals surface area contributed by atoms with Crippen LogP contribution in [0, 0.1) is 16.7 Å². The maximum atomic E-state index is 12.8. The summed E-state index contributed by atoms with van der Waals surface area (Å²) in [7, 11) is 1.20. The Morgan fingerprint density at radius 1 is 1.00 bits per heavy atom. The van der Waals surface area contributed by atoms with E-state index in [0.29, 0.717) is 0 Å². The second kappa shape index (κ2) is 10.0. The average molecular weight is 401 g/mol. The molecule has 11 heteroatoms. The summed E-state index contributed by atoms with van der Waals surface area (Å²) in [5, 5.41) is 9.96. The minimum Gasteiger partial charge on any atom is -0.465 e. The first-order chi connectivity index (χ1) is 13.1. The van der Waals surface area contributed by atoms with Gasteiger partial charge in [0.1, 0.15) is 12.7 Å². The molecule has 0 radical (unpaired) electrons. The van der Waals surface area contributed by atoms with Crippen LogP contribution in [-0.2, 0) is 47.6 Å². The second-order valence-electron chi connectivity index (χ2n) is 5.84. The van der Waals surface area contributed by atoms with E-state index < -0.39 is 60.5 Å². The quantitative estimate of drug-likeness (QED) is 0.414. The van der Waals surface area contributed by atoms with Gasteiger partial charge in [-0.1, -0.05) is 0 Å². The van der Waals surface area contributed by atoms with Crippen molar-refractivity contribution in [1.82, 2.24) is 0 Å². The van der Waals surface area contributed by atoms with Crippen molar-refractivity contribution in [2.24, 2.45) is 5.41 Å². The van der Waals surface area contributed by atoms with Gasteiger partial charge in [0.15, 0.2) is 18.5 Å². The zero-order valence-electron chi connectivity index (χ0n) is 16.3. The normalized spacial score (nSPS) is 29.1. The number of hydrogen-bond donors (Lipinski definition) is 0. The standard InChI is InChI=1S/C17H23NO10/c1-6-24-16(22)17(8-18)13(26-10(3)20)12(7-25-9(2)19)28-15(23-5)14(17)27-11(4)21/h12-15H,6-7H2,1-5H3/t12-,13-,14+,15-,17+/m1/s1. The number of esters is 4. The number of ether oxygens (including phenoxy) is 6. The number of nitriles is 1. The van der Waals surface area contributed by atoms with Crippen LogP contribution >= 0.6 is 0 Å². The summed E-state index contributed by atoms with van der Waals surface area (Å²) >= 11 is 0. The molecule has 0 aliphatic carbocycles. The van der Waals surface area contributed by atoms with Crippen LogP contribution in [0.25, 0.3) is 0 Å². The van der Waals surface area contributed by atoms with E-state index in [1.54, 1.807) is 6.07 Å². The average Bonchev–Trinajstić information content (AvgIpc) is 2.60. The summed E-state index contributed by atoms with van der Waals surface area (Å²) in [5.41, 5.74) is -2.32. The number of rotatable bonds is 7. The van der Waals surface area contributed by atoms with E-state index in [1.165, 1.54) is 14.0 Å². The van der Waals surface area contributed by atoms with E-state index in [4.69, 9.17) is 28.4 Å². The molecule has 0 aromatic carbocycles. The Morgan fingerprint density at radius 2 is 1.57 bits per heavy atom. The Morgan fingerprint density at radius 3 is 2.00 bits per heavy atom. The zero-order chi connectivity index (χ0) is 21.5. The minimum absolute atomic E-state index is 0.102. The molecule has 0 saturated carbocycles. The molecule has 1 aliphatic heterocycles. The predicted molar refractivity (Wildman–Crippen MR) is 88.1 cm³/mol. The Balaban J connectivity index is 3.58. The van der Waals surface area contributed by atoms with Gasteiger partial charge in [0.25, 0.3) is 0 Å². The minimum atomic E-state index is -2.32. The van der Waals surface area contributed by atoms with Crippen LogP contribution in [0.3, 0.4) is 0 Å². The lowest BCUT2D eigenvalue weighted by Gasteiger charge is -2.47. The molecule has 0 N–H and O–H groups in total. The van der Waals surface area contributed by atoms with Gasteiger partial charge in [0, 0.05) is 27.9 Å². The molecule has 0 aromatic rings. The van der Waals surface area contributed by atoms with Crippen LogP contribution in [-0.4, -0.2) is 68.8 Å². The highest BCUT2D eigenvalue weighted by Gasteiger charge is 2.67. The summed E-state index contributed by atoms with van der Waals surface area (Å²) in [4.78, 5) is 47.3. The molecule has 0 aromatic heterocycles. The number of hydrogen-bond acceptors (Lipinski definition) is 11. The van der Waals surface area contributed by atoms with Crippen LogP contribution < -0.4 is 0 Å². The number of carbonyl (C=O) groups is 4. The summed E-state index contributed by atoms with van der Waals surface area (Å²) in [6.45, 7) is 4.21. The highest BCUT2D eigenvalue weighted by molar-refractivity contribution is 5.83. The molecular formula is C17H23NO10. The molecule has 5 atom stereocenters. The van der Waals surface area contributed by atoms with Gasteiger partial charge in [0.2, 0.25) is 5.41 Å². The third kappa shape index (κ3) is 4.96. The van der Waals surface area contributed by atoms with Crippen molar-refractivity contribution in [2.45, 2.75) is 52.3 Å². The molecule has 1 aliphatic rings. The molecular weight excluding hydrogens is 378 g/mol. The molecule has 1 saturated heterocycles. The third-order valence-electron chi connectivity index (χ3n) is 3.86. The molecule has 11 nitrogen and oxygen atoms in total. The molecule has 0 unspecified atom stereocenters. The Hall–Kier alpha value is -2.71. The second-order valence-corrected chi connectivity index (χ2v) is 5.84. The van der Waals surface area contributed by atoms with E-state index in [-0.39, 0.29) is 6.61 Å². The lowest BCUT2D eigenvalue weighted by Crippen LogP contribution is -2.67. The first-order valence-corrected chi connectivity index (χ1v) is 8.38. The van der Waals surface area contributed by atoms with Gasteiger partial charge in [-0.3, -0.25) is 19.2 Å². The van der Waals surface area contributed by atoms with Gasteiger partial charge in [-0.2, -0.15) is 5.26 Å². The monoisotopic (exact) mass is 401 g/mol. The Labute approximate surface area is 161 Å². The van der Waals surface area contributed by atoms with Gasteiger partial charge in [0.05, 0.1) is 12.7 Å². The van der Waals surface area contributed by atoms with Crippen molar-refractivity contribution >= 4 is 23.9 Å².